The molecule has 0 fully saturated rings. The number of ether oxygens (including phenoxy) is 3. The summed E-state index contributed by atoms with van der Waals surface area (Å²) in [6, 6.07) is 5.14. The minimum Gasteiger partial charge on any atom is -0.380 e. The number of nitrogens with zero attached hydrogens (tertiary/aromatic N) is 6. The lowest BCUT2D eigenvalue weighted by Gasteiger charge is -2.22. The average molecular weight is 1300 g/mol. The number of hydrogen-bond acceptors (Lipinski definition) is 21. The van der Waals surface area contributed by atoms with E-state index in [1.165, 1.54) is 0 Å². The number of amides is 6. The first-order valence-electron chi connectivity index (χ1n) is 31.5. The molecule has 6 amide bonds. The van der Waals surface area contributed by atoms with Crippen LogP contribution in [0.3, 0.4) is 0 Å². The molecule has 6 aromatic heterocycles. The fraction of sp³-hybridized carbons (Fsp3) is 0.631. The van der Waals surface area contributed by atoms with E-state index < -0.39 is 0 Å². The number of rotatable bonds is 27. The van der Waals surface area contributed by atoms with E-state index in [0.717, 1.165) is 84.0 Å². The molecule has 6 rings (SSSR count). The van der Waals surface area contributed by atoms with Gasteiger partial charge in [0.05, 0.1) is 17.8 Å². The van der Waals surface area contributed by atoms with E-state index in [1.807, 2.05) is 125 Å². The van der Waals surface area contributed by atoms with Gasteiger partial charge in [0.2, 0.25) is 0 Å². The van der Waals surface area contributed by atoms with Gasteiger partial charge in [-0.3, -0.25) is 28.8 Å². The van der Waals surface area contributed by atoms with Crippen LogP contribution in [-0.2, 0) is 52.7 Å². The average Bonchev–Trinajstić information content (AvgIpc) is 3.69. The summed E-state index contributed by atoms with van der Waals surface area (Å²) in [6.45, 7) is 41.8. The number of nitrogens with one attached hydrogen (secondary N) is 6. The summed E-state index contributed by atoms with van der Waals surface area (Å²) in [7, 11) is 4.82. The van der Waals surface area contributed by atoms with Crippen molar-refractivity contribution in [2.24, 2.45) is 17.8 Å². The molecule has 0 radical (unpaired) electrons. The maximum Gasteiger partial charge on any atom is 0.273 e. The second-order valence-corrected chi connectivity index (χ2v) is 23.3. The number of aryl methyl sites for hydroxylation is 6. The maximum atomic E-state index is 11.9. The van der Waals surface area contributed by atoms with Crippen molar-refractivity contribution in [1.29, 1.82) is 0 Å². The van der Waals surface area contributed by atoms with E-state index >= 15 is 0 Å². The van der Waals surface area contributed by atoms with Crippen LogP contribution < -0.4 is 31.9 Å². The lowest BCUT2D eigenvalue weighted by Crippen LogP contribution is -2.40. The topological polar surface area (TPSA) is 358 Å². The highest BCUT2D eigenvalue weighted by Gasteiger charge is 2.23. The van der Waals surface area contributed by atoms with Gasteiger partial charge in [-0.15, -0.1) is 0 Å². The van der Waals surface area contributed by atoms with Gasteiger partial charge < -0.3 is 73.2 Å². The Morgan fingerprint density at radius 1 is 0.424 bits per heavy atom. The van der Waals surface area contributed by atoms with Gasteiger partial charge in [0.1, 0.15) is 34.6 Å². The molecule has 92 heavy (non-hydrogen) atoms. The van der Waals surface area contributed by atoms with Crippen molar-refractivity contribution >= 4 is 35.4 Å². The Labute approximate surface area is 542 Å². The summed E-state index contributed by atoms with van der Waals surface area (Å²) in [5, 5.41) is 39.1. The van der Waals surface area contributed by atoms with Gasteiger partial charge in [-0.05, 0) is 73.1 Å². The van der Waals surface area contributed by atoms with E-state index in [1.54, 1.807) is 39.5 Å². The quantitative estimate of drug-likeness (QED) is 0.0279. The Bertz CT molecular complexity index is 3110. The first-order chi connectivity index (χ1) is 43.4. The third-order valence-corrected chi connectivity index (χ3v) is 13.9. The second kappa shape index (κ2) is 42.9. The highest BCUT2D eigenvalue weighted by molar-refractivity contribution is 5.95. The summed E-state index contributed by atoms with van der Waals surface area (Å²) in [6.07, 6.45) is 4.44. The number of hydrogen-bond donors (Lipinski definition) is 6. The predicted molar refractivity (Wildman–Crippen MR) is 347 cm³/mol. The normalized spacial score (nSPS) is 11.8. The molecule has 0 aliphatic carbocycles. The Balaban J connectivity index is 0.000000553. The molecule has 0 bridgehead atoms. The summed E-state index contributed by atoms with van der Waals surface area (Å²) >= 11 is 0. The molecule has 0 aliphatic heterocycles. The zero-order valence-electron chi connectivity index (χ0n) is 58.8. The molecule has 0 aromatic carbocycles. The van der Waals surface area contributed by atoms with Gasteiger partial charge >= 0.3 is 0 Å². The highest BCUT2D eigenvalue weighted by atomic mass is 16.5. The van der Waals surface area contributed by atoms with Gasteiger partial charge in [-0.25, -0.2) is 0 Å². The minimum atomic E-state index is -0.388. The molecule has 3 unspecified atom stereocenters. The SMILES string of the molecule is CCc1cc(C(=O)NC(C)C(C)C)no1.CCc1cc(C(=O)NCC(C)C)no1.CCc1cc(C(=O)NCC(C)OC)no1.CCc1onc(C(=O)NCC(C)(C)OC)c1C.CCc1onc(C(=O)NCC(C)C)c1C.CCc1onc(C(=O)NCC(C)OC)c1C. The molecular weight excluding hydrogens is 1190 g/mol. The number of carbonyl (C=O) groups excluding carboxylic acids is 6. The zero-order valence-corrected chi connectivity index (χ0v) is 58.8. The van der Waals surface area contributed by atoms with E-state index in [0.29, 0.717) is 90.4 Å². The van der Waals surface area contributed by atoms with Crippen LogP contribution in [0.1, 0.15) is 232 Å². The fourth-order valence-electron chi connectivity index (χ4n) is 6.97. The smallest absolute Gasteiger partial charge is 0.273 e. The van der Waals surface area contributed by atoms with Gasteiger partial charge in [-0.1, -0.05) is 114 Å². The fourth-order valence-corrected chi connectivity index (χ4v) is 6.97. The van der Waals surface area contributed by atoms with Crippen LogP contribution in [0.4, 0.5) is 0 Å². The van der Waals surface area contributed by atoms with Crippen LogP contribution in [-0.4, -0.2) is 144 Å². The van der Waals surface area contributed by atoms with Gasteiger partial charge in [0.25, 0.3) is 35.4 Å². The van der Waals surface area contributed by atoms with E-state index in [4.69, 9.17) is 41.3 Å². The predicted octanol–water partition coefficient (Wildman–Crippen LogP) is 9.58. The Morgan fingerprint density at radius 2 is 0.728 bits per heavy atom. The zero-order chi connectivity index (χ0) is 69.8. The molecule has 516 valence electrons. The molecule has 3 atom stereocenters. The van der Waals surface area contributed by atoms with Crippen molar-refractivity contribution < 1.29 is 70.1 Å². The number of carbonyl (C=O) groups is 6. The molecule has 6 N–H and O–H groups in total. The standard InChI is InChI=1S/C12H20N2O3.C11H18N2O3.2C11H18N2O2.C10H16N2O3.C10H16N2O2/c1-6-9-8(2)10(14-17-9)11(15)13-7-12(3,4)16-5;1-5-9-8(3)10(13-16-9)11(14)12-6-7(2)15-4;1-5-9-6-10(13-15-9)11(14)12-8(4)7(2)3;1-5-9-8(4)10(13-15-9)11(14)12-6-7(2)3;1-4-8-5-9(12-15-8)10(13)11-6-7(2)14-3;1-4-8-5-9(12-14-8)10(13)11-6-7(2)3/h6-7H2,1-5H3,(H,13,15);7H,5-6H2,1-4H3,(H,12,14);6-8H,5H2,1-4H3,(H,12,14);7H,5-6H2,1-4H3,(H,12,14);5,7H,4,6H2,1-3H3,(H,11,13);5,7H,4,6H2,1-3H3,(H,11,13). The minimum absolute atomic E-state index is 0.00787. The molecule has 6 aromatic rings. The van der Waals surface area contributed by atoms with E-state index in [9.17, 15) is 28.8 Å². The molecular formula is C65H106N12O15. The molecule has 0 aliphatic rings. The summed E-state index contributed by atoms with van der Waals surface area (Å²) in [5.74, 6) is 4.59. The molecule has 27 heteroatoms. The summed E-state index contributed by atoms with van der Waals surface area (Å²) in [4.78, 5) is 69.9. The number of aromatic nitrogens is 6. The van der Waals surface area contributed by atoms with Crippen LogP contribution in [0.5, 0.6) is 0 Å². The van der Waals surface area contributed by atoms with E-state index in [-0.39, 0.29) is 59.3 Å². The highest BCUT2D eigenvalue weighted by Crippen LogP contribution is 2.17. The van der Waals surface area contributed by atoms with Gasteiger partial charge in [0, 0.05) is 134 Å². The monoisotopic (exact) mass is 1290 g/mol. The Kier molecular flexibility index (Phi) is 38.2. The van der Waals surface area contributed by atoms with Gasteiger partial charge in [0.15, 0.2) is 34.2 Å². The first kappa shape index (κ1) is 82.0. The summed E-state index contributed by atoms with van der Waals surface area (Å²) in [5.41, 5.74) is 4.24. The lowest BCUT2D eigenvalue weighted by atomic mass is 10.1. The van der Waals surface area contributed by atoms with Crippen LogP contribution in [0, 0.1) is 38.5 Å². The molecule has 0 saturated heterocycles. The van der Waals surface area contributed by atoms with Crippen molar-refractivity contribution in [2.75, 3.05) is 54.1 Å². The Hall–Kier alpha value is -8.04. The molecule has 0 spiro atoms. The molecule has 6 heterocycles. The largest absolute Gasteiger partial charge is 0.380 e. The van der Waals surface area contributed by atoms with Crippen LogP contribution in [0.15, 0.2) is 45.3 Å². The first-order valence-corrected chi connectivity index (χ1v) is 31.5. The number of methoxy groups -OCH3 is 3. The van der Waals surface area contributed by atoms with Crippen molar-refractivity contribution in [2.45, 2.75) is 201 Å². The maximum absolute atomic E-state index is 11.9. The van der Waals surface area contributed by atoms with E-state index in [2.05, 4.69) is 76.7 Å². The third kappa shape index (κ3) is 29.5. The van der Waals surface area contributed by atoms with Crippen molar-refractivity contribution in [3.63, 3.8) is 0 Å². The van der Waals surface area contributed by atoms with Crippen LogP contribution in [0.25, 0.3) is 0 Å². The second-order valence-electron chi connectivity index (χ2n) is 23.3. The van der Waals surface area contributed by atoms with Crippen molar-refractivity contribution in [1.82, 2.24) is 62.8 Å². The molecule has 27 nitrogen and oxygen atoms in total. The van der Waals surface area contributed by atoms with Gasteiger partial charge in [-0.2, -0.15) is 0 Å². The lowest BCUT2D eigenvalue weighted by molar-refractivity contribution is 0.0227. The third-order valence-electron chi connectivity index (χ3n) is 13.9. The Morgan fingerprint density at radius 3 is 1.00 bits per heavy atom. The molecule has 0 saturated carbocycles. The van der Waals surface area contributed by atoms with Crippen molar-refractivity contribution in [3.8, 4) is 0 Å². The van der Waals surface area contributed by atoms with Crippen LogP contribution >= 0.6 is 0 Å². The van der Waals surface area contributed by atoms with Crippen molar-refractivity contribution in [3.05, 3.63) is 104 Å². The van der Waals surface area contributed by atoms with Crippen LogP contribution in [0.2, 0.25) is 0 Å². The summed E-state index contributed by atoms with van der Waals surface area (Å²) < 4.78 is 45.3.